The van der Waals surface area contributed by atoms with Gasteiger partial charge in [-0.3, -0.25) is 20.2 Å². The number of para-hydroxylation sites is 1. The summed E-state index contributed by atoms with van der Waals surface area (Å²) >= 11 is 0. The zero-order chi connectivity index (χ0) is 19.0. The minimum absolute atomic E-state index is 0.247. The minimum atomic E-state index is -1.79. The molecule has 1 aliphatic rings. The van der Waals surface area contributed by atoms with Gasteiger partial charge in [0, 0.05) is 5.39 Å². The molecule has 0 spiro atoms. The second-order valence-electron chi connectivity index (χ2n) is 6.24. The van der Waals surface area contributed by atoms with Crippen molar-refractivity contribution in [2.45, 2.75) is 18.8 Å². The lowest BCUT2D eigenvalue weighted by atomic mass is 9.71. The van der Waals surface area contributed by atoms with Crippen LogP contribution in [0.25, 0.3) is 10.9 Å². The fraction of sp³-hybridized carbons (Fsp3) is 0.150. The third kappa shape index (κ3) is 2.39. The van der Waals surface area contributed by atoms with E-state index in [2.05, 4.69) is 20.6 Å². The number of carbonyl (C=O) groups excluding carboxylic acids is 3. The van der Waals surface area contributed by atoms with Crippen LogP contribution in [0.15, 0.2) is 54.9 Å². The van der Waals surface area contributed by atoms with Crippen molar-refractivity contribution >= 4 is 28.7 Å². The van der Waals surface area contributed by atoms with Gasteiger partial charge in [0.05, 0.1) is 11.2 Å². The van der Waals surface area contributed by atoms with Gasteiger partial charge in [-0.15, -0.1) is 0 Å². The van der Waals surface area contributed by atoms with Crippen molar-refractivity contribution in [3.05, 3.63) is 71.7 Å². The molecule has 0 atom stereocenters. The van der Waals surface area contributed by atoms with E-state index in [1.807, 2.05) is 25.1 Å². The molecule has 27 heavy (non-hydrogen) atoms. The normalized spacial score (nSPS) is 16.1. The first-order chi connectivity index (χ1) is 13.1. The van der Waals surface area contributed by atoms with Crippen LogP contribution < -0.4 is 10.6 Å². The van der Waals surface area contributed by atoms with E-state index < -0.39 is 23.3 Å². The molecule has 2 N–H and O–H groups in total. The molecule has 4 rings (SSSR count). The molecule has 0 aliphatic carbocycles. The predicted octanol–water partition coefficient (Wildman–Crippen LogP) is 1.84. The summed E-state index contributed by atoms with van der Waals surface area (Å²) in [5, 5.41) is 5.06. The van der Waals surface area contributed by atoms with Crippen molar-refractivity contribution in [2.24, 2.45) is 0 Å². The molecule has 0 bridgehead atoms. The van der Waals surface area contributed by atoms with E-state index in [-0.39, 0.29) is 5.69 Å². The van der Waals surface area contributed by atoms with Crippen LogP contribution in [0.1, 0.15) is 23.7 Å². The maximum Gasteiger partial charge on any atom is 0.328 e. The molecule has 1 fully saturated rings. The monoisotopic (exact) mass is 360 g/mol. The van der Waals surface area contributed by atoms with E-state index >= 15 is 0 Å². The Balaban J connectivity index is 2.13. The van der Waals surface area contributed by atoms with Crippen LogP contribution in [0.3, 0.4) is 0 Å². The molecule has 7 heteroatoms. The van der Waals surface area contributed by atoms with Crippen molar-refractivity contribution in [3.63, 3.8) is 0 Å². The Kier molecular flexibility index (Phi) is 3.92. The summed E-state index contributed by atoms with van der Waals surface area (Å²) in [5.74, 6) is -1.44. The molecular formula is C20H16N4O3. The number of benzene rings is 2. The third-order valence-corrected chi connectivity index (χ3v) is 4.84. The number of rotatable bonds is 3. The number of hydrogen-bond acceptors (Lipinski definition) is 5. The van der Waals surface area contributed by atoms with Crippen LogP contribution >= 0.6 is 0 Å². The second kappa shape index (κ2) is 6.28. The summed E-state index contributed by atoms with van der Waals surface area (Å²) in [6.07, 6.45) is 1.93. The molecule has 1 saturated heterocycles. The highest BCUT2D eigenvalue weighted by atomic mass is 16.2. The quantitative estimate of drug-likeness (QED) is 0.694. The minimum Gasteiger partial charge on any atom is -0.276 e. The van der Waals surface area contributed by atoms with Crippen molar-refractivity contribution in [2.75, 3.05) is 0 Å². The second-order valence-corrected chi connectivity index (χ2v) is 6.24. The standard InChI is InChI=1S/C20H16N4O3/c1-2-12-7-3-5-9-14(12)20(17(25)23-19(27)24-18(20)26)16-13-8-4-6-10-15(13)21-11-22-16/h3-11H,2H2,1H3,(H2,23,24,25,26,27). The number of barbiturate groups is 1. The number of fused-ring (bicyclic) bond motifs is 1. The summed E-state index contributed by atoms with van der Waals surface area (Å²) < 4.78 is 0. The molecule has 0 radical (unpaired) electrons. The van der Waals surface area contributed by atoms with Gasteiger partial charge in [-0.1, -0.05) is 49.4 Å². The van der Waals surface area contributed by atoms with Crippen molar-refractivity contribution < 1.29 is 14.4 Å². The number of imide groups is 2. The number of aryl methyl sites for hydroxylation is 1. The summed E-state index contributed by atoms with van der Waals surface area (Å²) in [6.45, 7) is 1.94. The number of nitrogens with zero attached hydrogens (tertiary/aromatic N) is 2. The lowest BCUT2D eigenvalue weighted by Gasteiger charge is -2.35. The molecule has 3 aromatic rings. The van der Waals surface area contributed by atoms with E-state index in [0.717, 1.165) is 5.56 Å². The predicted molar refractivity (Wildman–Crippen MR) is 97.8 cm³/mol. The van der Waals surface area contributed by atoms with Gasteiger partial charge in [-0.25, -0.2) is 14.8 Å². The molecule has 134 valence electrons. The summed E-state index contributed by atoms with van der Waals surface area (Å²) in [6, 6.07) is 13.5. The first-order valence-corrected chi connectivity index (χ1v) is 8.54. The number of hydrogen-bond donors (Lipinski definition) is 2. The summed E-state index contributed by atoms with van der Waals surface area (Å²) in [7, 11) is 0. The molecule has 2 aromatic carbocycles. The summed E-state index contributed by atoms with van der Waals surface area (Å²) in [4.78, 5) is 46.7. The van der Waals surface area contributed by atoms with E-state index in [1.165, 1.54) is 6.33 Å². The van der Waals surface area contributed by atoms with Gasteiger partial charge in [-0.05, 0) is 23.6 Å². The number of aromatic nitrogens is 2. The van der Waals surface area contributed by atoms with Crippen molar-refractivity contribution in [1.29, 1.82) is 0 Å². The van der Waals surface area contributed by atoms with Crippen molar-refractivity contribution in [3.8, 4) is 0 Å². The maximum atomic E-state index is 13.2. The third-order valence-electron chi connectivity index (χ3n) is 4.84. The van der Waals surface area contributed by atoms with Crippen LogP contribution in [0.5, 0.6) is 0 Å². The van der Waals surface area contributed by atoms with Crippen molar-refractivity contribution in [1.82, 2.24) is 20.6 Å². The molecule has 1 aliphatic heterocycles. The molecule has 0 saturated carbocycles. The average molecular weight is 360 g/mol. The Morgan fingerprint density at radius 1 is 0.889 bits per heavy atom. The van der Waals surface area contributed by atoms with E-state index in [1.54, 1.807) is 30.3 Å². The Labute approximate surface area is 154 Å². The van der Waals surface area contributed by atoms with Gasteiger partial charge in [0.2, 0.25) is 0 Å². The largest absolute Gasteiger partial charge is 0.328 e. The number of nitrogens with one attached hydrogen (secondary N) is 2. The van der Waals surface area contributed by atoms with E-state index in [0.29, 0.717) is 22.9 Å². The molecule has 2 heterocycles. The fourth-order valence-electron chi connectivity index (χ4n) is 3.61. The summed E-state index contributed by atoms with van der Waals surface area (Å²) in [5.41, 5.74) is 0.381. The SMILES string of the molecule is CCc1ccccc1C1(c2ncnc3ccccc23)C(=O)NC(=O)NC1=O. The Bertz CT molecular complexity index is 1070. The van der Waals surface area contributed by atoms with Gasteiger partial charge < -0.3 is 0 Å². The number of urea groups is 1. The zero-order valence-corrected chi connectivity index (χ0v) is 14.5. The van der Waals surface area contributed by atoms with Crippen LogP contribution in [0.4, 0.5) is 4.79 Å². The molecular weight excluding hydrogens is 344 g/mol. The number of carbonyl (C=O) groups is 3. The molecule has 1 aromatic heterocycles. The smallest absolute Gasteiger partial charge is 0.276 e. The first-order valence-electron chi connectivity index (χ1n) is 8.54. The van der Waals surface area contributed by atoms with Crippen LogP contribution in [0.2, 0.25) is 0 Å². The highest BCUT2D eigenvalue weighted by molar-refractivity contribution is 6.26. The molecule has 4 amide bonds. The number of amides is 4. The van der Waals surface area contributed by atoms with Gasteiger partial charge in [0.1, 0.15) is 6.33 Å². The fourth-order valence-corrected chi connectivity index (χ4v) is 3.61. The van der Waals surface area contributed by atoms with Crippen LogP contribution in [0, 0.1) is 0 Å². The Morgan fingerprint density at radius 2 is 1.56 bits per heavy atom. The average Bonchev–Trinajstić information content (AvgIpc) is 2.68. The molecule has 7 nitrogen and oxygen atoms in total. The Hall–Kier alpha value is -3.61. The van der Waals surface area contributed by atoms with Crippen LogP contribution in [-0.2, 0) is 21.4 Å². The van der Waals surface area contributed by atoms with Gasteiger partial charge >= 0.3 is 6.03 Å². The maximum absolute atomic E-state index is 13.2. The Morgan fingerprint density at radius 3 is 2.30 bits per heavy atom. The molecule has 0 unspecified atom stereocenters. The van der Waals surface area contributed by atoms with E-state index in [9.17, 15) is 14.4 Å². The van der Waals surface area contributed by atoms with Gasteiger partial charge in [0.15, 0.2) is 5.41 Å². The first kappa shape index (κ1) is 16.8. The highest BCUT2D eigenvalue weighted by Crippen LogP contribution is 2.38. The highest BCUT2D eigenvalue weighted by Gasteiger charge is 2.55. The zero-order valence-electron chi connectivity index (χ0n) is 14.5. The lowest BCUT2D eigenvalue weighted by Crippen LogP contribution is -2.65. The lowest BCUT2D eigenvalue weighted by molar-refractivity contribution is -0.136. The van der Waals surface area contributed by atoms with Crippen LogP contribution in [-0.4, -0.2) is 27.8 Å². The van der Waals surface area contributed by atoms with Gasteiger partial charge in [-0.2, -0.15) is 0 Å². The van der Waals surface area contributed by atoms with Gasteiger partial charge in [0.25, 0.3) is 11.8 Å². The topological polar surface area (TPSA) is 101 Å². The van der Waals surface area contributed by atoms with E-state index in [4.69, 9.17) is 0 Å².